The van der Waals surface area contributed by atoms with Crippen molar-refractivity contribution in [2.45, 2.75) is 24.7 Å². The van der Waals surface area contributed by atoms with Crippen LogP contribution in [0.3, 0.4) is 0 Å². The minimum Gasteiger partial charge on any atom is -0.405 e. The van der Waals surface area contributed by atoms with Crippen LogP contribution in [0, 0.1) is 0 Å². The Morgan fingerprint density at radius 3 is 2.95 bits per heavy atom. The van der Waals surface area contributed by atoms with Gasteiger partial charge in [0.1, 0.15) is 6.10 Å². The lowest BCUT2D eigenvalue weighted by molar-refractivity contribution is -0.113. The number of nitrogens with one attached hydrogen (secondary N) is 1. The summed E-state index contributed by atoms with van der Waals surface area (Å²) in [5.74, 6) is 1.42. The standard InChI is InChI=1S/C15H17N3O3S/c19-13(10-22-9-11-5-2-1-3-6-11)16-15-18-17-14(21-15)12-7-4-8-20-12/h1-3,5-6,12H,4,7-10H2,(H,16,18,19)/t12-/m1/s1. The first-order chi connectivity index (χ1) is 10.8. The van der Waals surface area contributed by atoms with Gasteiger partial charge in [0, 0.05) is 12.4 Å². The highest BCUT2D eigenvalue weighted by atomic mass is 32.2. The molecule has 0 saturated carbocycles. The van der Waals surface area contributed by atoms with Gasteiger partial charge in [0.15, 0.2) is 0 Å². The van der Waals surface area contributed by atoms with Gasteiger partial charge in [0.2, 0.25) is 11.8 Å². The molecule has 6 nitrogen and oxygen atoms in total. The number of thioether (sulfide) groups is 1. The van der Waals surface area contributed by atoms with Gasteiger partial charge in [-0.15, -0.1) is 16.9 Å². The number of amides is 1. The number of ether oxygens (including phenoxy) is 1. The van der Waals surface area contributed by atoms with Gasteiger partial charge in [0.05, 0.1) is 5.75 Å². The molecule has 22 heavy (non-hydrogen) atoms. The number of hydrogen-bond donors (Lipinski definition) is 1. The highest BCUT2D eigenvalue weighted by Crippen LogP contribution is 2.28. The lowest BCUT2D eigenvalue weighted by Gasteiger charge is -2.03. The van der Waals surface area contributed by atoms with Crippen molar-refractivity contribution >= 4 is 23.7 Å². The molecule has 0 radical (unpaired) electrons. The quantitative estimate of drug-likeness (QED) is 0.882. The fraction of sp³-hybridized carbons (Fsp3) is 0.400. The summed E-state index contributed by atoms with van der Waals surface area (Å²) in [5, 5.41) is 10.4. The van der Waals surface area contributed by atoms with Crippen LogP contribution in [0.25, 0.3) is 0 Å². The maximum Gasteiger partial charge on any atom is 0.322 e. The lowest BCUT2D eigenvalue weighted by Crippen LogP contribution is -2.14. The minimum absolute atomic E-state index is 0.134. The summed E-state index contributed by atoms with van der Waals surface area (Å²) < 4.78 is 10.9. The molecule has 7 heteroatoms. The molecule has 1 aromatic carbocycles. The number of nitrogens with zero attached hydrogens (tertiary/aromatic N) is 2. The fourth-order valence-corrected chi connectivity index (χ4v) is 2.97. The van der Waals surface area contributed by atoms with Crippen molar-refractivity contribution in [1.29, 1.82) is 0 Å². The molecule has 1 aliphatic rings. The van der Waals surface area contributed by atoms with Crippen LogP contribution in [0.1, 0.15) is 30.4 Å². The third-order valence-electron chi connectivity index (χ3n) is 3.24. The molecule has 0 unspecified atom stereocenters. The van der Waals surface area contributed by atoms with Crippen LogP contribution >= 0.6 is 11.8 Å². The maximum atomic E-state index is 11.8. The summed E-state index contributed by atoms with van der Waals surface area (Å²) >= 11 is 1.54. The molecule has 1 aromatic heterocycles. The van der Waals surface area contributed by atoms with Gasteiger partial charge in [-0.25, -0.2) is 0 Å². The Labute approximate surface area is 132 Å². The molecule has 1 N–H and O–H groups in total. The molecule has 2 heterocycles. The van der Waals surface area contributed by atoms with E-state index in [-0.39, 0.29) is 18.0 Å². The Morgan fingerprint density at radius 2 is 2.18 bits per heavy atom. The van der Waals surface area contributed by atoms with Gasteiger partial charge in [-0.3, -0.25) is 10.1 Å². The monoisotopic (exact) mass is 319 g/mol. The summed E-state index contributed by atoms with van der Waals surface area (Å²) in [6, 6.07) is 10.2. The number of rotatable bonds is 6. The Hall–Kier alpha value is -1.86. The van der Waals surface area contributed by atoms with E-state index in [1.165, 1.54) is 17.3 Å². The number of aromatic nitrogens is 2. The molecular formula is C15H17N3O3S. The molecule has 2 aromatic rings. The van der Waals surface area contributed by atoms with Crippen LogP contribution in [0.5, 0.6) is 0 Å². The van der Waals surface area contributed by atoms with Crippen molar-refractivity contribution in [1.82, 2.24) is 10.2 Å². The summed E-state index contributed by atoms with van der Waals surface area (Å²) in [6.45, 7) is 0.713. The predicted octanol–water partition coefficient (Wildman–Crippen LogP) is 2.79. The highest BCUT2D eigenvalue weighted by Gasteiger charge is 2.23. The second-order valence-electron chi connectivity index (χ2n) is 4.97. The molecule has 1 atom stereocenters. The number of hydrogen-bond acceptors (Lipinski definition) is 6. The number of anilines is 1. The van der Waals surface area contributed by atoms with Crippen molar-refractivity contribution in [3.63, 3.8) is 0 Å². The average Bonchev–Trinajstić information content (AvgIpc) is 3.19. The molecule has 0 spiro atoms. The summed E-state index contributed by atoms with van der Waals surface area (Å²) in [6.07, 6.45) is 1.73. The van der Waals surface area contributed by atoms with Crippen LogP contribution in [0.4, 0.5) is 6.01 Å². The normalized spacial score (nSPS) is 17.5. The third-order valence-corrected chi connectivity index (χ3v) is 4.24. The van der Waals surface area contributed by atoms with E-state index in [0.717, 1.165) is 18.6 Å². The molecule has 1 fully saturated rings. The average molecular weight is 319 g/mol. The van der Waals surface area contributed by atoms with E-state index in [2.05, 4.69) is 15.5 Å². The molecule has 1 aliphatic heterocycles. The van der Waals surface area contributed by atoms with Crippen LogP contribution in [0.2, 0.25) is 0 Å². The molecule has 3 rings (SSSR count). The Kier molecular flexibility index (Phi) is 5.07. The van der Waals surface area contributed by atoms with E-state index >= 15 is 0 Å². The first-order valence-corrected chi connectivity index (χ1v) is 8.33. The molecule has 0 aliphatic carbocycles. The van der Waals surface area contributed by atoms with Crippen molar-refractivity contribution < 1.29 is 13.9 Å². The van der Waals surface area contributed by atoms with Gasteiger partial charge >= 0.3 is 6.01 Å². The van der Waals surface area contributed by atoms with Gasteiger partial charge in [0.25, 0.3) is 0 Å². The molecule has 116 valence electrons. The summed E-state index contributed by atoms with van der Waals surface area (Å²) in [4.78, 5) is 11.8. The zero-order chi connectivity index (χ0) is 15.2. The SMILES string of the molecule is O=C(CSCc1ccccc1)Nc1nnc([C@H]2CCCO2)o1. The Bertz CT molecular complexity index is 612. The minimum atomic E-state index is -0.150. The number of carbonyl (C=O) groups is 1. The third kappa shape index (κ3) is 4.08. The predicted molar refractivity (Wildman–Crippen MR) is 83.5 cm³/mol. The van der Waals surface area contributed by atoms with Gasteiger partial charge in [-0.1, -0.05) is 35.4 Å². The zero-order valence-corrected chi connectivity index (χ0v) is 12.8. The number of benzene rings is 1. The van der Waals surface area contributed by atoms with Gasteiger partial charge < -0.3 is 9.15 Å². The second kappa shape index (κ2) is 7.42. The smallest absolute Gasteiger partial charge is 0.322 e. The molecular weight excluding hydrogens is 302 g/mol. The van der Waals surface area contributed by atoms with Gasteiger partial charge in [-0.05, 0) is 18.4 Å². The largest absolute Gasteiger partial charge is 0.405 e. The van der Waals surface area contributed by atoms with Crippen molar-refractivity contribution in [3.8, 4) is 0 Å². The first kappa shape index (κ1) is 15.1. The van der Waals surface area contributed by atoms with E-state index in [0.29, 0.717) is 18.3 Å². The molecule has 0 bridgehead atoms. The van der Waals surface area contributed by atoms with Crippen LogP contribution in [-0.2, 0) is 15.3 Å². The molecule has 1 amide bonds. The first-order valence-electron chi connectivity index (χ1n) is 7.18. The Balaban J connectivity index is 1.43. The van der Waals surface area contributed by atoms with Crippen LogP contribution in [-0.4, -0.2) is 28.5 Å². The maximum absolute atomic E-state index is 11.8. The van der Waals surface area contributed by atoms with Crippen molar-refractivity contribution in [2.24, 2.45) is 0 Å². The van der Waals surface area contributed by atoms with E-state index in [9.17, 15) is 4.79 Å². The topological polar surface area (TPSA) is 77.2 Å². The zero-order valence-electron chi connectivity index (χ0n) is 12.0. The van der Waals surface area contributed by atoms with Crippen molar-refractivity contribution in [3.05, 3.63) is 41.8 Å². The van der Waals surface area contributed by atoms with Crippen LogP contribution in [0.15, 0.2) is 34.7 Å². The Morgan fingerprint density at radius 1 is 1.32 bits per heavy atom. The van der Waals surface area contributed by atoms with E-state index in [4.69, 9.17) is 9.15 Å². The fourth-order valence-electron chi connectivity index (χ4n) is 2.18. The van der Waals surface area contributed by atoms with Crippen LogP contribution < -0.4 is 5.32 Å². The van der Waals surface area contributed by atoms with Gasteiger partial charge in [-0.2, -0.15) is 0 Å². The van der Waals surface area contributed by atoms with Crippen molar-refractivity contribution in [2.75, 3.05) is 17.7 Å². The summed E-state index contributed by atoms with van der Waals surface area (Å²) in [5.41, 5.74) is 1.19. The lowest BCUT2D eigenvalue weighted by atomic mass is 10.2. The summed E-state index contributed by atoms with van der Waals surface area (Å²) in [7, 11) is 0. The van der Waals surface area contributed by atoms with E-state index < -0.39 is 0 Å². The second-order valence-corrected chi connectivity index (χ2v) is 5.96. The highest BCUT2D eigenvalue weighted by molar-refractivity contribution is 7.99. The number of carbonyl (C=O) groups excluding carboxylic acids is 1. The molecule has 1 saturated heterocycles. The van der Waals surface area contributed by atoms with E-state index in [1.807, 2.05) is 30.3 Å². The van der Waals surface area contributed by atoms with E-state index in [1.54, 1.807) is 0 Å².